The second-order valence-corrected chi connectivity index (χ2v) is 8.40. The van der Waals surface area contributed by atoms with Crippen LogP contribution in [0.25, 0.3) is 17.1 Å². The minimum absolute atomic E-state index is 0.0274. The molecule has 5 nitrogen and oxygen atoms in total. The summed E-state index contributed by atoms with van der Waals surface area (Å²) in [4.78, 5) is 14.2. The quantitative estimate of drug-likeness (QED) is 0.477. The minimum Gasteiger partial charge on any atom is -0.342 e. The summed E-state index contributed by atoms with van der Waals surface area (Å²) >= 11 is 7.46. The van der Waals surface area contributed by atoms with Gasteiger partial charge in [-0.1, -0.05) is 41.6 Å². The van der Waals surface area contributed by atoms with Crippen molar-refractivity contribution >= 4 is 29.3 Å². The van der Waals surface area contributed by atoms with Crippen LogP contribution < -0.4 is 0 Å². The summed E-state index contributed by atoms with van der Waals surface area (Å²) in [7, 11) is 0. The Kier molecular flexibility index (Phi) is 6.24. The van der Waals surface area contributed by atoms with Crippen molar-refractivity contribution in [1.82, 2.24) is 19.7 Å². The second-order valence-electron chi connectivity index (χ2n) is 7.05. The third-order valence-electron chi connectivity index (χ3n) is 4.96. The number of hydrogen-bond donors (Lipinski definition) is 0. The van der Waals surface area contributed by atoms with Crippen LogP contribution in [0.5, 0.6) is 0 Å². The van der Waals surface area contributed by atoms with E-state index < -0.39 is 11.7 Å². The first kappa shape index (κ1) is 21.7. The molecule has 0 N–H and O–H groups in total. The summed E-state index contributed by atoms with van der Waals surface area (Å²) in [6.45, 7) is 1.45. The molecule has 1 amide bonds. The normalized spacial score (nSPS) is 14.3. The smallest absolute Gasteiger partial charge is 0.342 e. The second kappa shape index (κ2) is 8.92. The van der Waals surface area contributed by atoms with E-state index in [1.807, 2.05) is 0 Å². The zero-order valence-corrected chi connectivity index (χ0v) is 17.8. The molecule has 10 heteroatoms. The Labute approximate surface area is 186 Å². The number of halogens is 4. The molecule has 1 fully saturated rings. The standard InChI is InChI=1S/C21H18ClF3N4OS/c22-17-9-2-1-8-16(17)19-26-27-20(31-13-18(30)28-10-3-4-11-28)29(19)15-7-5-6-14(12-15)21(23,24)25/h1-2,5-9,12H,3-4,10-11,13H2. The molecule has 2 aromatic carbocycles. The van der Waals surface area contributed by atoms with Crippen molar-refractivity contribution in [3.05, 3.63) is 59.1 Å². The van der Waals surface area contributed by atoms with Crippen LogP contribution in [-0.2, 0) is 11.0 Å². The minimum atomic E-state index is -4.49. The average molecular weight is 467 g/mol. The van der Waals surface area contributed by atoms with E-state index in [2.05, 4.69) is 10.2 Å². The van der Waals surface area contributed by atoms with E-state index in [-0.39, 0.29) is 17.3 Å². The Morgan fingerprint density at radius 2 is 1.81 bits per heavy atom. The summed E-state index contributed by atoms with van der Waals surface area (Å²) in [6.07, 6.45) is -2.53. The number of nitrogens with zero attached hydrogens (tertiary/aromatic N) is 4. The SMILES string of the molecule is O=C(CSc1nnc(-c2ccccc2Cl)n1-c1cccc(C(F)(F)F)c1)N1CCCC1. The molecule has 0 bridgehead atoms. The van der Waals surface area contributed by atoms with Crippen LogP contribution in [0.2, 0.25) is 5.02 Å². The van der Waals surface area contributed by atoms with Gasteiger partial charge in [0.2, 0.25) is 5.91 Å². The number of likely N-dealkylation sites (tertiary alicyclic amines) is 1. The van der Waals surface area contributed by atoms with Crippen molar-refractivity contribution in [1.29, 1.82) is 0 Å². The third-order valence-corrected chi connectivity index (χ3v) is 6.21. The molecule has 1 aliphatic heterocycles. The van der Waals surface area contributed by atoms with Gasteiger partial charge < -0.3 is 4.90 Å². The van der Waals surface area contributed by atoms with Crippen LogP contribution in [0.4, 0.5) is 13.2 Å². The summed E-state index contributed by atoms with van der Waals surface area (Å²) < 4.78 is 41.4. The predicted octanol–water partition coefficient (Wildman–Crippen LogP) is 5.32. The molecule has 0 atom stereocenters. The van der Waals surface area contributed by atoms with Crippen molar-refractivity contribution in [2.45, 2.75) is 24.2 Å². The monoisotopic (exact) mass is 466 g/mol. The van der Waals surface area contributed by atoms with E-state index in [0.717, 1.165) is 49.8 Å². The summed E-state index contributed by atoms with van der Waals surface area (Å²) in [5.74, 6) is 0.404. The Hall–Kier alpha value is -2.52. The first-order valence-corrected chi connectivity index (χ1v) is 11.0. The molecule has 0 radical (unpaired) electrons. The van der Waals surface area contributed by atoms with E-state index in [9.17, 15) is 18.0 Å². The fourth-order valence-electron chi connectivity index (χ4n) is 3.42. The summed E-state index contributed by atoms with van der Waals surface area (Å²) in [5, 5.41) is 9.08. The number of aromatic nitrogens is 3. The van der Waals surface area contributed by atoms with Crippen LogP contribution in [0.15, 0.2) is 53.7 Å². The third kappa shape index (κ3) is 4.72. The van der Waals surface area contributed by atoms with Gasteiger partial charge in [-0.15, -0.1) is 10.2 Å². The first-order valence-electron chi connectivity index (χ1n) is 9.63. The molecule has 0 aliphatic carbocycles. The van der Waals surface area contributed by atoms with Crippen molar-refractivity contribution in [3.8, 4) is 17.1 Å². The summed E-state index contributed by atoms with van der Waals surface area (Å²) in [5.41, 5.74) is -0.00874. The van der Waals surface area contributed by atoms with Crippen LogP contribution in [0, 0.1) is 0 Å². The molecule has 4 rings (SSSR count). The fourth-order valence-corrected chi connectivity index (χ4v) is 4.49. The fraction of sp³-hybridized carbons (Fsp3) is 0.286. The topological polar surface area (TPSA) is 51.0 Å². The number of benzene rings is 2. The van der Waals surface area contributed by atoms with Crippen molar-refractivity contribution in [3.63, 3.8) is 0 Å². The number of alkyl halides is 3. The molecule has 162 valence electrons. The van der Waals surface area contributed by atoms with Gasteiger partial charge in [-0.2, -0.15) is 13.2 Å². The highest BCUT2D eigenvalue weighted by molar-refractivity contribution is 7.99. The molecule has 2 heterocycles. The van der Waals surface area contributed by atoms with Gasteiger partial charge in [0.1, 0.15) is 0 Å². The highest BCUT2D eigenvalue weighted by Gasteiger charge is 2.31. The van der Waals surface area contributed by atoms with Gasteiger partial charge in [-0.05, 0) is 43.2 Å². The molecule has 0 spiro atoms. The Balaban J connectivity index is 1.74. The van der Waals surface area contributed by atoms with Crippen LogP contribution in [-0.4, -0.2) is 44.4 Å². The van der Waals surface area contributed by atoms with Gasteiger partial charge in [-0.3, -0.25) is 9.36 Å². The van der Waals surface area contributed by atoms with Crippen molar-refractivity contribution in [2.24, 2.45) is 0 Å². The number of amides is 1. The van der Waals surface area contributed by atoms with Gasteiger partial charge in [0.05, 0.1) is 22.0 Å². The highest BCUT2D eigenvalue weighted by Crippen LogP contribution is 2.35. The van der Waals surface area contributed by atoms with E-state index in [1.54, 1.807) is 35.2 Å². The van der Waals surface area contributed by atoms with E-state index in [1.165, 1.54) is 10.6 Å². The maximum Gasteiger partial charge on any atom is 0.416 e. The van der Waals surface area contributed by atoms with Gasteiger partial charge in [0.25, 0.3) is 0 Å². The van der Waals surface area contributed by atoms with E-state index in [0.29, 0.717) is 21.6 Å². The Bertz CT molecular complexity index is 1100. The van der Waals surface area contributed by atoms with Gasteiger partial charge in [-0.25, -0.2) is 0 Å². The van der Waals surface area contributed by atoms with Crippen molar-refractivity contribution < 1.29 is 18.0 Å². The lowest BCUT2D eigenvalue weighted by Crippen LogP contribution is -2.29. The lowest BCUT2D eigenvalue weighted by Gasteiger charge is -2.16. The molecule has 1 aromatic heterocycles. The van der Waals surface area contributed by atoms with Crippen molar-refractivity contribution in [2.75, 3.05) is 18.8 Å². The van der Waals surface area contributed by atoms with Crippen LogP contribution in [0.1, 0.15) is 18.4 Å². The van der Waals surface area contributed by atoms with E-state index >= 15 is 0 Å². The number of hydrogen-bond acceptors (Lipinski definition) is 4. The maximum absolute atomic E-state index is 13.3. The Morgan fingerprint density at radius 3 is 2.52 bits per heavy atom. The highest BCUT2D eigenvalue weighted by atomic mass is 35.5. The zero-order chi connectivity index (χ0) is 22.0. The lowest BCUT2D eigenvalue weighted by atomic mass is 10.1. The maximum atomic E-state index is 13.3. The molecule has 0 saturated carbocycles. The largest absolute Gasteiger partial charge is 0.416 e. The average Bonchev–Trinajstić information content (AvgIpc) is 3.42. The predicted molar refractivity (Wildman–Crippen MR) is 113 cm³/mol. The van der Waals surface area contributed by atoms with Gasteiger partial charge in [0.15, 0.2) is 11.0 Å². The van der Waals surface area contributed by atoms with Gasteiger partial charge >= 0.3 is 6.18 Å². The molecule has 31 heavy (non-hydrogen) atoms. The number of thioether (sulfide) groups is 1. The van der Waals surface area contributed by atoms with Gasteiger partial charge in [0, 0.05) is 18.7 Å². The zero-order valence-electron chi connectivity index (χ0n) is 16.3. The number of carbonyl (C=O) groups is 1. The van der Waals surface area contributed by atoms with E-state index in [4.69, 9.17) is 11.6 Å². The van der Waals surface area contributed by atoms with Crippen LogP contribution >= 0.6 is 23.4 Å². The Morgan fingerprint density at radius 1 is 1.06 bits per heavy atom. The molecule has 3 aromatic rings. The molecule has 1 aliphatic rings. The number of carbonyl (C=O) groups excluding carboxylic acids is 1. The van der Waals surface area contributed by atoms with Crippen LogP contribution in [0.3, 0.4) is 0 Å². The lowest BCUT2D eigenvalue weighted by molar-refractivity contribution is -0.137. The molecular formula is C21H18ClF3N4OS. The number of rotatable bonds is 5. The molecule has 1 saturated heterocycles. The molecular weight excluding hydrogens is 449 g/mol. The first-order chi connectivity index (χ1) is 14.8. The summed E-state index contributed by atoms with van der Waals surface area (Å²) in [6, 6.07) is 11.8. The molecule has 0 unspecified atom stereocenters.